The lowest BCUT2D eigenvalue weighted by Gasteiger charge is -2.32. The third kappa shape index (κ3) is 1.99. The highest BCUT2D eigenvalue weighted by atomic mass is 19.1. The van der Waals surface area contributed by atoms with Gasteiger partial charge in [-0.2, -0.15) is 0 Å². The average molecular weight is 275 g/mol. The van der Waals surface area contributed by atoms with E-state index in [2.05, 4.69) is 6.92 Å². The summed E-state index contributed by atoms with van der Waals surface area (Å²) in [5, 5.41) is 0.679. The van der Waals surface area contributed by atoms with E-state index in [1.165, 1.54) is 6.07 Å². The largest absolute Gasteiger partial charge is 0.448 e. The summed E-state index contributed by atoms with van der Waals surface area (Å²) in [6.45, 7) is 4.61. The molecule has 0 saturated carbocycles. The Morgan fingerprint density at radius 1 is 1.40 bits per heavy atom. The Labute approximate surface area is 117 Å². The molecule has 1 atom stereocenters. The van der Waals surface area contributed by atoms with E-state index in [0.717, 1.165) is 31.4 Å². The fourth-order valence-corrected chi connectivity index (χ4v) is 2.94. The zero-order valence-electron chi connectivity index (χ0n) is 11.8. The second-order valence-electron chi connectivity index (χ2n) is 5.52. The topological polar surface area (TPSA) is 33.5 Å². The molecule has 2 heterocycles. The van der Waals surface area contributed by atoms with Crippen molar-refractivity contribution < 1.29 is 13.6 Å². The summed E-state index contributed by atoms with van der Waals surface area (Å²) < 4.78 is 19.3. The summed E-state index contributed by atoms with van der Waals surface area (Å²) in [6, 6.07) is 4.99. The quantitative estimate of drug-likeness (QED) is 0.791. The summed E-state index contributed by atoms with van der Waals surface area (Å²) in [5.41, 5.74) is 0.903. The van der Waals surface area contributed by atoms with Gasteiger partial charge in [0.2, 0.25) is 0 Å². The van der Waals surface area contributed by atoms with Gasteiger partial charge < -0.3 is 9.32 Å². The van der Waals surface area contributed by atoms with Crippen molar-refractivity contribution in [2.24, 2.45) is 0 Å². The monoisotopic (exact) mass is 275 g/mol. The van der Waals surface area contributed by atoms with Crippen LogP contribution in [0.25, 0.3) is 11.0 Å². The van der Waals surface area contributed by atoms with Crippen LogP contribution in [0.15, 0.2) is 22.6 Å². The first kappa shape index (κ1) is 13.2. The molecule has 1 saturated heterocycles. The van der Waals surface area contributed by atoms with Gasteiger partial charge in [0.25, 0.3) is 5.91 Å². The van der Waals surface area contributed by atoms with E-state index in [9.17, 15) is 9.18 Å². The number of piperidine rings is 1. The fraction of sp³-hybridized carbons (Fsp3) is 0.438. The van der Waals surface area contributed by atoms with Gasteiger partial charge >= 0.3 is 0 Å². The van der Waals surface area contributed by atoms with Crippen LogP contribution >= 0.6 is 0 Å². The number of hydrogen-bond acceptors (Lipinski definition) is 2. The Morgan fingerprint density at radius 3 is 2.90 bits per heavy atom. The molecule has 106 valence electrons. The van der Waals surface area contributed by atoms with Crippen LogP contribution in [0.3, 0.4) is 0 Å². The average Bonchev–Trinajstić information content (AvgIpc) is 2.78. The highest BCUT2D eigenvalue weighted by Gasteiger charge is 2.28. The molecule has 3 rings (SSSR count). The lowest BCUT2D eigenvalue weighted by Crippen LogP contribution is -2.42. The lowest BCUT2D eigenvalue weighted by molar-refractivity contribution is 0.0604. The molecule has 1 aliphatic heterocycles. The number of para-hydroxylation sites is 1. The number of furan rings is 1. The van der Waals surface area contributed by atoms with E-state index in [4.69, 9.17) is 4.42 Å². The maximum absolute atomic E-state index is 13.7. The molecule has 1 amide bonds. The highest BCUT2D eigenvalue weighted by Crippen LogP contribution is 2.29. The lowest BCUT2D eigenvalue weighted by atomic mass is 10.0. The molecule has 0 radical (unpaired) electrons. The SMILES string of the molecule is Cc1c(C(=O)N2CCCCC2C)oc2c(F)cccc12. The van der Waals surface area contributed by atoms with Gasteiger partial charge in [-0.3, -0.25) is 4.79 Å². The van der Waals surface area contributed by atoms with Gasteiger partial charge in [-0.1, -0.05) is 12.1 Å². The van der Waals surface area contributed by atoms with E-state index < -0.39 is 5.82 Å². The van der Waals surface area contributed by atoms with Crippen LogP contribution in [0.5, 0.6) is 0 Å². The Kier molecular flexibility index (Phi) is 3.24. The number of carbonyl (C=O) groups is 1. The Balaban J connectivity index is 2.03. The fourth-order valence-electron chi connectivity index (χ4n) is 2.94. The van der Waals surface area contributed by atoms with E-state index in [1.54, 1.807) is 12.1 Å². The zero-order chi connectivity index (χ0) is 14.3. The van der Waals surface area contributed by atoms with Crippen LogP contribution in [0.4, 0.5) is 4.39 Å². The molecule has 0 aliphatic carbocycles. The number of aryl methyl sites for hydroxylation is 1. The number of carbonyl (C=O) groups excluding carboxylic acids is 1. The van der Waals surface area contributed by atoms with Crippen LogP contribution < -0.4 is 0 Å². The second-order valence-corrected chi connectivity index (χ2v) is 5.52. The van der Waals surface area contributed by atoms with Crippen molar-refractivity contribution in [3.63, 3.8) is 0 Å². The van der Waals surface area contributed by atoms with E-state index >= 15 is 0 Å². The molecular weight excluding hydrogens is 257 g/mol. The van der Waals surface area contributed by atoms with Crippen LogP contribution in [-0.2, 0) is 0 Å². The molecule has 4 heteroatoms. The van der Waals surface area contributed by atoms with Crippen LogP contribution in [0, 0.1) is 12.7 Å². The minimum atomic E-state index is -0.420. The number of nitrogens with zero attached hydrogens (tertiary/aromatic N) is 1. The molecule has 1 aromatic heterocycles. The molecule has 0 N–H and O–H groups in total. The predicted octanol–water partition coefficient (Wildman–Crippen LogP) is 3.89. The van der Waals surface area contributed by atoms with Crippen molar-refractivity contribution in [1.29, 1.82) is 0 Å². The number of halogens is 1. The molecule has 1 fully saturated rings. The molecule has 1 unspecified atom stereocenters. The summed E-state index contributed by atoms with van der Waals surface area (Å²) in [7, 11) is 0. The molecule has 0 spiro atoms. The summed E-state index contributed by atoms with van der Waals surface area (Å²) in [5.74, 6) is -0.263. The van der Waals surface area contributed by atoms with Gasteiger partial charge in [0.1, 0.15) is 0 Å². The molecule has 3 nitrogen and oxygen atoms in total. The van der Waals surface area contributed by atoms with E-state index in [-0.39, 0.29) is 23.3 Å². The first-order valence-electron chi connectivity index (χ1n) is 7.08. The normalized spacial score (nSPS) is 19.6. The van der Waals surface area contributed by atoms with Crippen molar-refractivity contribution >= 4 is 16.9 Å². The molecule has 2 aromatic rings. The standard InChI is InChI=1S/C16H18FNO2/c1-10-6-3-4-9-18(10)16(19)14-11(2)12-7-5-8-13(17)15(12)20-14/h5,7-8,10H,3-4,6,9H2,1-2H3. The van der Waals surface area contributed by atoms with Gasteiger partial charge in [-0.15, -0.1) is 0 Å². The second kappa shape index (κ2) is 4.93. The van der Waals surface area contributed by atoms with Crippen molar-refractivity contribution in [2.75, 3.05) is 6.54 Å². The van der Waals surface area contributed by atoms with Crippen LogP contribution in [0.2, 0.25) is 0 Å². The Morgan fingerprint density at radius 2 is 2.20 bits per heavy atom. The summed E-state index contributed by atoms with van der Waals surface area (Å²) >= 11 is 0. The number of amides is 1. The van der Waals surface area contributed by atoms with Crippen molar-refractivity contribution in [3.05, 3.63) is 35.3 Å². The third-order valence-electron chi connectivity index (χ3n) is 4.17. The summed E-state index contributed by atoms with van der Waals surface area (Å²) in [6.07, 6.45) is 3.18. The minimum Gasteiger partial charge on any atom is -0.448 e. The van der Waals surface area contributed by atoms with Gasteiger partial charge in [0.15, 0.2) is 17.2 Å². The maximum atomic E-state index is 13.7. The Hall–Kier alpha value is -1.84. The first-order chi connectivity index (χ1) is 9.59. The minimum absolute atomic E-state index is 0.120. The number of likely N-dealkylation sites (tertiary alicyclic amines) is 1. The van der Waals surface area contributed by atoms with Crippen LogP contribution in [-0.4, -0.2) is 23.4 Å². The zero-order valence-corrected chi connectivity index (χ0v) is 11.8. The molecule has 0 bridgehead atoms. The van der Waals surface area contributed by atoms with Gasteiger partial charge in [-0.05, 0) is 39.2 Å². The van der Waals surface area contributed by atoms with Crippen molar-refractivity contribution in [3.8, 4) is 0 Å². The first-order valence-corrected chi connectivity index (χ1v) is 7.08. The number of hydrogen-bond donors (Lipinski definition) is 0. The third-order valence-corrected chi connectivity index (χ3v) is 4.17. The molecule has 20 heavy (non-hydrogen) atoms. The van der Waals surface area contributed by atoms with Crippen molar-refractivity contribution in [2.45, 2.75) is 39.2 Å². The van der Waals surface area contributed by atoms with Gasteiger partial charge in [0, 0.05) is 23.5 Å². The van der Waals surface area contributed by atoms with Gasteiger partial charge in [0.05, 0.1) is 0 Å². The highest BCUT2D eigenvalue weighted by molar-refractivity contribution is 5.99. The molecule has 1 aliphatic rings. The summed E-state index contributed by atoms with van der Waals surface area (Å²) in [4.78, 5) is 14.5. The van der Waals surface area contributed by atoms with E-state index in [1.807, 2.05) is 11.8 Å². The Bertz CT molecular complexity index is 662. The van der Waals surface area contributed by atoms with Gasteiger partial charge in [-0.25, -0.2) is 4.39 Å². The number of fused-ring (bicyclic) bond motifs is 1. The molecular formula is C16H18FNO2. The van der Waals surface area contributed by atoms with E-state index in [0.29, 0.717) is 5.39 Å². The number of benzene rings is 1. The predicted molar refractivity (Wildman–Crippen MR) is 75.3 cm³/mol. The molecule has 1 aromatic carbocycles. The smallest absolute Gasteiger partial charge is 0.290 e. The number of rotatable bonds is 1. The van der Waals surface area contributed by atoms with Crippen LogP contribution in [0.1, 0.15) is 42.3 Å². The maximum Gasteiger partial charge on any atom is 0.290 e. The van der Waals surface area contributed by atoms with Crippen molar-refractivity contribution in [1.82, 2.24) is 4.90 Å².